The highest BCUT2D eigenvalue weighted by Gasteiger charge is 2.14. The Balaban J connectivity index is 2.67. The van der Waals surface area contributed by atoms with Crippen molar-refractivity contribution >= 4 is 6.34 Å². The number of nitrogens with two attached hydrogens (primary N) is 1. The third-order valence-electron chi connectivity index (χ3n) is 1.35. The first kappa shape index (κ1) is 8.03. The Morgan fingerprint density at radius 2 is 2.36 bits per heavy atom. The Kier molecular flexibility index (Phi) is 2.45. The van der Waals surface area contributed by atoms with Gasteiger partial charge in [-0.3, -0.25) is 5.01 Å². The second kappa shape index (κ2) is 3.36. The van der Waals surface area contributed by atoms with Crippen molar-refractivity contribution in [1.82, 2.24) is 5.01 Å². The molecule has 0 saturated carbocycles. The molecule has 1 heterocycles. The summed E-state index contributed by atoms with van der Waals surface area (Å²) < 4.78 is 9.86. The van der Waals surface area contributed by atoms with Crippen LogP contribution in [0.15, 0.2) is 17.0 Å². The smallest absolute Gasteiger partial charge is 0.214 e. The number of rotatable bonds is 2. The largest absolute Gasteiger partial charge is 0.481 e. The van der Waals surface area contributed by atoms with Gasteiger partial charge in [0.2, 0.25) is 5.88 Å². The molecule has 0 aliphatic carbocycles. The predicted octanol–water partition coefficient (Wildman–Crippen LogP) is -0.336. The minimum Gasteiger partial charge on any atom is -0.481 e. The molecule has 0 bridgehead atoms. The van der Waals surface area contributed by atoms with Crippen molar-refractivity contribution in [1.29, 1.82) is 0 Å². The van der Waals surface area contributed by atoms with Crippen LogP contribution < -0.4 is 5.84 Å². The molecule has 11 heavy (non-hydrogen) atoms. The van der Waals surface area contributed by atoms with Crippen molar-refractivity contribution in [3.05, 3.63) is 12.0 Å². The van der Waals surface area contributed by atoms with Crippen molar-refractivity contribution in [3.63, 3.8) is 0 Å². The summed E-state index contributed by atoms with van der Waals surface area (Å²) in [6, 6.07) is 0. The molecule has 5 heteroatoms. The Labute approximate surface area is 65.1 Å². The third kappa shape index (κ3) is 1.69. The molecule has 0 aromatic rings. The number of aliphatic imine (C=N–C) groups is 1. The van der Waals surface area contributed by atoms with E-state index in [-0.39, 0.29) is 6.23 Å². The van der Waals surface area contributed by atoms with Crippen molar-refractivity contribution in [2.45, 2.75) is 6.23 Å². The van der Waals surface area contributed by atoms with Gasteiger partial charge in [0.05, 0.1) is 7.11 Å². The first-order valence-electron chi connectivity index (χ1n) is 3.13. The number of methoxy groups -OCH3 is 2. The second-order valence-corrected chi connectivity index (χ2v) is 2.03. The first-order valence-corrected chi connectivity index (χ1v) is 3.13. The molecule has 0 fully saturated rings. The van der Waals surface area contributed by atoms with E-state index in [1.54, 1.807) is 20.3 Å². The van der Waals surface area contributed by atoms with Gasteiger partial charge < -0.3 is 9.47 Å². The fourth-order valence-corrected chi connectivity index (χ4v) is 0.751. The maximum Gasteiger partial charge on any atom is 0.214 e. The van der Waals surface area contributed by atoms with Crippen molar-refractivity contribution in [3.8, 4) is 0 Å². The maximum atomic E-state index is 5.47. The van der Waals surface area contributed by atoms with E-state index in [4.69, 9.17) is 15.3 Å². The molecule has 0 aromatic heterocycles. The molecule has 62 valence electrons. The summed E-state index contributed by atoms with van der Waals surface area (Å²) in [5, 5.41) is 1.35. The zero-order chi connectivity index (χ0) is 8.27. The SMILES string of the molecule is COC1=CC(OC)N(N)C=N1. The molecule has 1 atom stereocenters. The molecule has 0 amide bonds. The van der Waals surface area contributed by atoms with E-state index in [0.29, 0.717) is 5.88 Å². The number of hydrogen-bond donors (Lipinski definition) is 1. The highest BCUT2D eigenvalue weighted by atomic mass is 16.5. The van der Waals surface area contributed by atoms with Gasteiger partial charge in [-0.05, 0) is 0 Å². The average Bonchev–Trinajstić information content (AvgIpc) is 2.05. The molecule has 1 aliphatic rings. The lowest BCUT2D eigenvalue weighted by Gasteiger charge is -2.23. The zero-order valence-corrected chi connectivity index (χ0v) is 6.52. The average molecular weight is 157 g/mol. The fourth-order valence-electron chi connectivity index (χ4n) is 0.751. The monoisotopic (exact) mass is 157 g/mol. The van der Waals surface area contributed by atoms with Gasteiger partial charge in [-0.1, -0.05) is 0 Å². The predicted molar refractivity (Wildman–Crippen MR) is 40.4 cm³/mol. The Bertz CT molecular complexity index is 190. The molecule has 1 unspecified atom stereocenters. The van der Waals surface area contributed by atoms with E-state index < -0.39 is 0 Å². The van der Waals surface area contributed by atoms with Crippen LogP contribution in [0, 0.1) is 0 Å². The second-order valence-electron chi connectivity index (χ2n) is 2.03. The van der Waals surface area contributed by atoms with Crippen LogP contribution in [0.1, 0.15) is 0 Å². The molecule has 5 nitrogen and oxygen atoms in total. The normalized spacial score (nSPS) is 23.4. The number of nitrogens with zero attached hydrogens (tertiary/aromatic N) is 2. The summed E-state index contributed by atoms with van der Waals surface area (Å²) in [5.74, 6) is 5.98. The molecular weight excluding hydrogens is 146 g/mol. The summed E-state index contributed by atoms with van der Waals surface area (Å²) in [4.78, 5) is 3.86. The third-order valence-corrected chi connectivity index (χ3v) is 1.35. The zero-order valence-electron chi connectivity index (χ0n) is 6.52. The standard InChI is InChI=1S/C6H11N3O2/c1-10-5-3-6(11-2)9(7)4-8-5/h3-4,6H,7H2,1-2H3. The van der Waals surface area contributed by atoms with E-state index in [1.165, 1.54) is 11.3 Å². The van der Waals surface area contributed by atoms with E-state index in [1.807, 2.05) is 0 Å². The van der Waals surface area contributed by atoms with Crippen molar-refractivity contribution in [2.75, 3.05) is 14.2 Å². The van der Waals surface area contributed by atoms with Crippen LogP contribution >= 0.6 is 0 Å². The minimum atomic E-state index is -0.289. The highest BCUT2D eigenvalue weighted by molar-refractivity contribution is 5.57. The summed E-state index contributed by atoms with van der Waals surface area (Å²) in [5.41, 5.74) is 0. The van der Waals surface area contributed by atoms with Gasteiger partial charge in [-0.25, -0.2) is 10.8 Å². The molecule has 1 rings (SSSR count). The van der Waals surface area contributed by atoms with E-state index in [0.717, 1.165) is 0 Å². The highest BCUT2D eigenvalue weighted by Crippen LogP contribution is 2.07. The van der Waals surface area contributed by atoms with Gasteiger partial charge in [0.1, 0.15) is 6.34 Å². The van der Waals surface area contributed by atoms with E-state index in [9.17, 15) is 0 Å². The lowest BCUT2D eigenvalue weighted by atomic mass is 10.4. The van der Waals surface area contributed by atoms with Crippen LogP contribution in [0.25, 0.3) is 0 Å². The topological polar surface area (TPSA) is 60.1 Å². The van der Waals surface area contributed by atoms with Crippen LogP contribution in [-0.2, 0) is 9.47 Å². The van der Waals surface area contributed by atoms with E-state index in [2.05, 4.69) is 4.99 Å². The summed E-state index contributed by atoms with van der Waals surface area (Å²) in [7, 11) is 3.11. The molecule has 1 aliphatic heterocycles. The fraction of sp³-hybridized carbons (Fsp3) is 0.500. The minimum absolute atomic E-state index is 0.289. The Morgan fingerprint density at radius 1 is 1.64 bits per heavy atom. The van der Waals surface area contributed by atoms with Gasteiger partial charge in [0, 0.05) is 13.2 Å². The lowest BCUT2D eigenvalue weighted by Crippen LogP contribution is -2.41. The number of ether oxygens (including phenoxy) is 2. The van der Waals surface area contributed by atoms with Crippen LogP contribution in [-0.4, -0.2) is 31.8 Å². The van der Waals surface area contributed by atoms with Gasteiger partial charge in [-0.15, -0.1) is 0 Å². The van der Waals surface area contributed by atoms with Crippen LogP contribution in [0.2, 0.25) is 0 Å². The van der Waals surface area contributed by atoms with Crippen molar-refractivity contribution < 1.29 is 9.47 Å². The van der Waals surface area contributed by atoms with Crippen LogP contribution in [0.5, 0.6) is 0 Å². The van der Waals surface area contributed by atoms with Crippen molar-refractivity contribution in [2.24, 2.45) is 10.8 Å². The molecule has 0 spiro atoms. The molecule has 0 aromatic carbocycles. The molecular formula is C6H11N3O2. The van der Waals surface area contributed by atoms with E-state index >= 15 is 0 Å². The van der Waals surface area contributed by atoms with Gasteiger partial charge in [0.25, 0.3) is 0 Å². The summed E-state index contributed by atoms with van der Waals surface area (Å²) >= 11 is 0. The quantitative estimate of drug-likeness (QED) is 0.557. The summed E-state index contributed by atoms with van der Waals surface area (Å²) in [6.07, 6.45) is 2.84. The Hall–Kier alpha value is -1.07. The lowest BCUT2D eigenvalue weighted by molar-refractivity contribution is 0.0407. The van der Waals surface area contributed by atoms with Gasteiger partial charge in [-0.2, -0.15) is 0 Å². The van der Waals surface area contributed by atoms with Crippen LogP contribution in [0.3, 0.4) is 0 Å². The maximum absolute atomic E-state index is 5.47. The molecule has 0 saturated heterocycles. The molecule has 2 N–H and O–H groups in total. The van der Waals surface area contributed by atoms with Gasteiger partial charge >= 0.3 is 0 Å². The number of hydrogen-bond acceptors (Lipinski definition) is 5. The van der Waals surface area contributed by atoms with Crippen LogP contribution in [0.4, 0.5) is 0 Å². The summed E-state index contributed by atoms with van der Waals surface area (Å²) in [6.45, 7) is 0. The van der Waals surface area contributed by atoms with Gasteiger partial charge in [0.15, 0.2) is 6.23 Å². The Morgan fingerprint density at radius 3 is 2.91 bits per heavy atom. The number of hydrazine groups is 1. The first-order chi connectivity index (χ1) is 5.27. The molecule has 0 radical (unpaired) electrons.